The summed E-state index contributed by atoms with van der Waals surface area (Å²) in [6, 6.07) is 0. The maximum absolute atomic E-state index is 11.6. The van der Waals surface area contributed by atoms with Crippen molar-refractivity contribution in [2.24, 2.45) is 0 Å². The molecular weight excluding hydrogens is 198 g/mol. The van der Waals surface area contributed by atoms with Crippen molar-refractivity contribution >= 4 is 22.9 Å². The number of carbonyl (C=O) groups is 2. The van der Waals surface area contributed by atoms with Crippen molar-refractivity contribution in [1.82, 2.24) is 4.90 Å². The predicted molar refractivity (Wildman–Crippen MR) is 55.9 cm³/mol. The maximum atomic E-state index is 11.6. The summed E-state index contributed by atoms with van der Waals surface area (Å²) in [6.07, 6.45) is 5.55. The fourth-order valence-corrected chi connectivity index (χ4v) is 2.83. The van der Waals surface area contributed by atoms with Crippen molar-refractivity contribution < 1.29 is 9.59 Å². The number of amides is 2. The van der Waals surface area contributed by atoms with Crippen LogP contribution in [0.25, 0.3) is 0 Å². The summed E-state index contributed by atoms with van der Waals surface area (Å²) in [5.41, 5.74) is 1.20. The summed E-state index contributed by atoms with van der Waals surface area (Å²) in [5.74, 6) is -0.100. The second kappa shape index (κ2) is 3.77. The molecule has 2 rings (SSSR count). The third-order valence-corrected chi connectivity index (χ3v) is 3.86. The highest BCUT2D eigenvalue weighted by atomic mass is 32.2. The number of thioether (sulfide) groups is 1. The molecule has 4 heteroatoms. The first-order valence-corrected chi connectivity index (χ1v) is 5.73. The van der Waals surface area contributed by atoms with Crippen LogP contribution in [0.5, 0.6) is 0 Å². The van der Waals surface area contributed by atoms with Crippen molar-refractivity contribution in [3.05, 3.63) is 10.5 Å². The Morgan fingerprint density at radius 3 is 2.29 bits per heavy atom. The van der Waals surface area contributed by atoms with Gasteiger partial charge in [0.25, 0.3) is 11.1 Å². The lowest BCUT2D eigenvalue weighted by Gasteiger charge is -2.14. The van der Waals surface area contributed by atoms with Crippen LogP contribution in [0, 0.1) is 0 Å². The van der Waals surface area contributed by atoms with Gasteiger partial charge >= 0.3 is 0 Å². The zero-order valence-corrected chi connectivity index (χ0v) is 9.02. The minimum absolute atomic E-state index is 0.100. The van der Waals surface area contributed by atoms with E-state index in [0.29, 0.717) is 4.91 Å². The number of rotatable bonds is 0. The summed E-state index contributed by atoms with van der Waals surface area (Å²) < 4.78 is 0. The van der Waals surface area contributed by atoms with Gasteiger partial charge in [-0.3, -0.25) is 14.5 Å². The summed E-state index contributed by atoms with van der Waals surface area (Å²) in [5, 5.41) is -0.136. The number of allylic oxidation sites excluding steroid dienone is 1. The molecule has 0 aromatic heterocycles. The van der Waals surface area contributed by atoms with Gasteiger partial charge in [-0.25, -0.2) is 0 Å². The smallest absolute Gasteiger partial charge is 0.272 e. The number of hydrogen-bond donors (Lipinski definition) is 0. The second-order valence-electron chi connectivity index (χ2n) is 3.73. The number of hydrogen-bond acceptors (Lipinski definition) is 3. The topological polar surface area (TPSA) is 37.4 Å². The zero-order chi connectivity index (χ0) is 10.1. The van der Waals surface area contributed by atoms with Crippen LogP contribution < -0.4 is 0 Å². The van der Waals surface area contributed by atoms with Gasteiger partial charge in [0.2, 0.25) is 0 Å². The molecule has 0 spiro atoms. The van der Waals surface area contributed by atoms with Crippen molar-refractivity contribution in [3.63, 3.8) is 0 Å². The van der Waals surface area contributed by atoms with E-state index in [0.717, 1.165) is 37.4 Å². The average molecular weight is 211 g/mol. The number of likely N-dealkylation sites (N-methyl/N-ethyl adjacent to an activating group) is 1. The molecule has 1 aliphatic heterocycles. The molecule has 14 heavy (non-hydrogen) atoms. The van der Waals surface area contributed by atoms with Crippen molar-refractivity contribution in [3.8, 4) is 0 Å². The molecule has 1 saturated heterocycles. The molecule has 2 fully saturated rings. The SMILES string of the molecule is CN1C(=O)SC(=C2CCCCC2)C1=O. The Kier molecular flexibility index (Phi) is 2.63. The van der Waals surface area contributed by atoms with Gasteiger partial charge in [0, 0.05) is 7.05 Å². The lowest BCUT2D eigenvalue weighted by molar-refractivity contribution is -0.121. The minimum Gasteiger partial charge on any atom is -0.272 e. The highest BCUT2D eigenvalue weighted by Crippen LogP contribution is 2.37. The number of imide groups is 1. The van der Waals surface area contributed by atoms with E-state index in [4.69, 9.17) is 0 Å². The first-order valence-electron chi connectivity index (χ1n) is 4.92. The average Bonchev–Trinajstić information content (AvgIpc) is 2.47. The Morgan fingerprint density at radius 1 is 1.14 bits per heavy atom. The van der Waals surface area contributed by atoms with Crippen LogP contribution in [0.1, 0.15) is 32.1 Å². The van der Waals surface area contributed by atoms with Gasteiger partial charge in [-0.15, -0.1) is 0 Å². The lowest BCUT2D eigenvalue weighted by atomic mass is 9.94. The molecule has 0 N–H and O–H groups in total. The first-order chi connectivity index (χ1) is 6.70. The molecule has 0 aromatic carbocycles. The minimum atomic E-state index is -0.136. The third kappa shape index (κ3) is 1.59. The van der Waals surface area contributed by atoms with Crippen LogP contribution in [0.15, 0.2) is 10.5 Å². The molecule has 0 aromatic rings. The standard InChI is InChI=1S/C10H13NO2S/c1-11-9(12)8(14-10(11)13)7-5-3-2-4-6-7/h2-6H2,1H3. The van der Waals surface area contributed by atoms with Gasteiger partial charge in [0.05, 0.1) is 4.91 Å². The fraction of sp³-hybridized carbons (Fsp3) is 0.600. The van der Waals surface area contributed by atoms with E-state index in [1.54, 1.807) is 7.05 Å². The van der Waals surface area contributed by atoms with Crippen molar-refractivity contribution in [2.45, 2.75) is 32.1 Å². The summed E-state index contributed by atoms with van der Waals surface area (Å²) in [4.78, 5) is 24.8. The number of carbonyl (C=O) groups excluding carboxylic acids is 2. The molecule has 1 saturated carbocycles. The molecule has 0 atom stereocenters. The molecule has 2 amide bonds. The molecule has 3 nitrogen and oxygen atoms in total. The molecule has 0 bridgehead atoms. The highest BCUT2D eigenvalue weighted by molar-refractivity contribution is 8.18. The monoisotopic (exact) mass is 211 g/mol. The second-order valence-corrected chi connectivity index (χ2v) is 4.69. The number of nitrogens with zero attached hydrogens (tertiary/aromatic N) is 1. The van der Waals surface area contributed by atoms with Gasteiger partial charge < -0.3 is 0 Å². The Balaban J connectivity index is 2.25. The Bertz CT molecular complexity index is 314. The van der Waals surface area contributed by atoms with Gasteiger partial charge in [-0.1, -0.05) is 12.0 Å². The zero-order valence-electron chi connectivity index (χ0n) is 8.21. The largest absolute Gasteiger partial charge is 0.293 e. The van der Waals surface area contributed by atoms with Crippen LogP contribution in [-0.2, 0) is 4.79 Å². The van der Waals surface area contributed by atoms with Gasteiger partial charge in [-0.05, 0) is 37.4 Å². The Hall–Kier alpha value is -0.770. The highest BCUT2D eigenvalue weighted by Gasteiger charge is 2.34. The first kappa shape index (κ1) is 9.77. The molecule has 2 aliphatic rings. The van der Waals surface area contributed by atoms with E-state index >= 15 is 0 Å². The van der Waals surface area contributed by atoms with E-state index in [9.17, 15) is 9.59 Å². The van der Waals surface area contributed by atoms with E-state index in [2.05, 4.69) is 0 Å². The molecule has 0 radical (unpaired) electrons. The van der Waals surface area contributed by atoms with Crippen molar-refractivity contribution in [2.75, 3.05) is 7.05 Å². The maximum Gasteiger partial charge on any atom is 0.293 e. The van der Waals surface area contributed by atoms with Gasteiger partial charge in [-0.2, -0.15) is 0 Å². The van der Waals surface area contributed by atoms with E-state index < -0.39 is 0 Å². The summed E-state index contributed by atoms with van der Waals surface area (Å²) in [6.45, 7) is 0. The van der Waals surface area contributed by atoms with E-state index in [1.165, 1.54) is 16.9 Å². The van der Waals surface area contributed by atoms with Crippen LogP contribution in [0.4, 0.5) is 4.79 Å². The molecular formula is C10H13NO2S. The van der Waals surface area contributed by atoms with Gasteiger partial charge in [0.15, 0.2) is 0 Å². The molecule has 1 aliphatic carbocycles. The fourth-order valence-electron chi connectivity index (χ4n) is 1.86. The van der Waals surface area contributed by atoms with Crippen molar-refractivity contribution in [1.29, 1.82) is 0 Å². The quantitative estimate of drug-likeness (QED) is 0.578. The van der Waals surface area contributed by atoms with E-state index in [1.807, 2.05) is 0 Å². The summed E-state index contributed by atoms with van der Waals surface area (Å²) >= 11 is 1.11. The normalized spacial score (nSPS) is 23.6. The van der Waals surface area contributed by atoms with E-state index in [-0.39, 0.29) is 11.1 Å². The molecule has 1 heterocycles. The van der Waals surface area contributed by atoms with Gasteiger partial charge in [0.1, 0.15) is 0 Å². The van der Waals surface area contributed by atoms with Crippen LogP contribution >= 0.6 is 11.8 Å². The summed E-state index contributed by atoms with van der Waals surface area (Å²) in [7, 11) is 1.55. The third-order valence-electron chi connectivity index (χ3n) is 2.74. The molecule has 76 valence electrons. The Labute approximate surface area is 87.5 Å². The lowest BCUT2D eigenvalue weighted by Crippen LogP contribution is -2.23. The predicted octanol–water partition coefficient (Wildman–Crippen LogP) is 2.53. The molecule has 0 unspecified atom stereocenters. The van der Waals surface area contributed by atoms with Crippen LogP contribution in [0.3, 0.4) is 0 Å². The van der Waals surface area contributed by atoms with Crippen LogP contribution in [-0.4, -0.2) is 23.1 Å². The van der Waals surface area contributed by atoms with Crippen LogP contribution in [0.2, 0.25) is 0 Å². The Morgan fingerprint density at radius 2 is 1.79 bits per heavy atom.